The summed E-state index contributed by atoms with van der Waals surface area (Å²) in [5.41, 5.74) is 1.58. The van der Waals surface area contributed by atoms with Gasteiger partial charge in [-0.25, -0.2) is 14.4 Å². The number of aromatic nitrogens is 2. The zero-order chi connectivity index (χ0) is 27.9. The number of piperidine rings is 1. The van der Waals surface area contributed by atoms with Crippen molar-refractivity contribution in [2.24, 2.45) is 0 Å². The van der Waals surface area contributed by atoms with Crippen molar-refractivity contribution in [3.8, 4) is 5.75 Å². The van der Waals surface area contributed by atoms with Crippen molar-refractivity contribution in [2.75, 3.05) is 43.5 Å². The number of carbonyl (C=O) groups excluding carboxylic acids is 1. The van der Waals surface area contributed by atoms with E-state index in [-0.39, 0.29) is 17.4 Å². The van der Waals surface area contributed by atoms with E-state index in [0.717, 1.165) is 35.9 Å². The van der Waals surface area contributed by atoms with Crippen LogP contribution < -0.4 is 15.4 Å². The minimum Gasteiger partial charge on any atom is -0.489 e. The molecule has 2 aromatic carbocycles. The van der Waals surface area contributed by atoms with Gasteiger partial charge in [0, 0.05) is 43.1 Å². The second kappa shape index (κ2) is 10.5. The Morgan fingerprint density at radius 1 is 1.31 bits per heavy atom. The lowest BCUT2D eigenvalue weighted by Gasteiger charge is -2.34. The number of anilines is 2. The predicted molar refractivity (Wildman–Crippen MR) is 142 cm³/mol. The van der Waals surface area contributed by atoms with Crippen molar-refractivity contribution in [1.82, 2.24) is 14.9 Å². The van der Waals surface area contributed by atoms with Crippen molar-refractivity contribution in [2.45, 2.75) is 51.5 Å². The Labute approximate surface area is 224 Å². The van der Waals surface area contributed by atoms with Gasteiger partial charge in [-0.05, 0) is 44.7 Å². The van der Waals surface area contributed by atoms with E-state index in [1.54, 1.807) is 20.8 Å². The smallest absolute Gasteiger partial charge is 0.298 e. The molecule has 1 saturated heterocycles. The summed E-state index contributed by atoms with van der Waals surface area (Å²) < 4.78 is 49.6. The molecule has 1 atom stereocenters. The zero-order valence-corrected chi connectivity index (χ0v) is 22.2. The van der Waals surface area contributed by atoms with E-state index in [9.17, 15) is 13.6 Å². The number of rotatable bonds is 6. The minimum absolute atomic E-state index is 0.0290. The molecule has 5 rings (SSSR count). The summed E-state index contributed by atoms with van der Waals surface area (Å²) >= 11 is 0. The van der Waals surface area contributed by atoms with Gasteiger partial charge < -0.3 is 25.4 Å². The highest BCUT2D eigenvalue weighted by molar-refractivity contribution is 6.01. The second-order valence-electron chi connectivity index (χ2n) is 10.2. The van der Waals surface area contributed by atoms with Crippen LogP contribution >= 0.6 is 0 Å². The van der Waals surface area contributed by atoms with Crippen LogP contribution in [0.5, 0.6) is 5.75 Å². The third-order valence-electron chi connectivity index (χ3n) is 7.55. The highest BCUT2D eigenvalue weighted by Gasteiger charge is 2.35. The molecule has 2 aliphatic heterocycles. The summed E-state index contributed by atoms with van der Waals surface area (Å²) in [6.45, 7) is 5.93. The van der Waals surface area contributed by atoms with E-state index in [4.69, 9.17) is 9.84 Å². The van der Waals surface area contributed by atoms with Gasteiger partial charge in [0.15, 0.2) is 0 Å². The fourth-order valence-corrected chi connectivity index (χ4v) is 5.48. The molecule has 208 valence electrons. The molecular formula is C28H32F3N5O3. The third kappa shape index (κ3) is 5.07. The monoisotopic (exact) mass is 543 g/mol. The average Bonchev–Trinajstić information content (AvgIpc) is 2.92. The van der Waals surface area contributed by atoms with Gasteiger partial charge in [0.1, 0.15) is 47.6 Å². The first-order valence-electron chi connectivity index (χ1n) is 13.1. The van der Waals surface area contributed by atoms with Gasteiger partial charge in [-0.1, -0.05) is 12.1 Å². The molecule has 0 aliphatic carbocycles. The number of aryl methyl sites for hydroxylation is 1. The molecule has 3 N–H and O–H groups in total. The molecule has 0 bridgehead atoms. The lowest BCUT2D eigenvalue weighted by molar-refractivity contribution is -0.129. The fraction of sp³-hybridized carbons (Fsp3) is 0.464. The highest BCUT2D eigenvalue weighted by atomic mass is 19.3. The molecule has 0 spiro atoms. The van der Waals surface area contributed by atoms with E-state index in [1.165, 1.54) is 12.1 Å². The summed E-state index contributed by atoms with van der Waals surface area (Å²) in [7, 11) is 0. The predicted octanol–water partition coefficient (Wildman–Crippen LogP) is 4.86. The number of fused-ring (bicyclic) bond motifs is 3. The van der Waals surface area contributed by atoms with Gasteiger partial charge in [0.05, 0.1) is 11.6 Å². The Morgan fingerprint density at radius 3 is 2.74 bits per heavy atom. The van der Waals surface area contributed by atoms with Crippen LogP contribution in [0.25, 0.3) is 10.9 Å². The molecule has 1 amide bonds. The number of benzene rings is 2. The Hall–Kier alpha value is -3.60. The van der Waals surface area contributed by atoms with E-state index in [2.05, 4.69) is 20.6 Å². The van der Waals surface area contributed by atoms with E-state index in [1.807, 2.05) is 11.0 Å². The number of nitrogens with zero attached hydrogens (tertiary/aromatic N) is 3. The molecule has 0 unspecified atom stereocenters. The normalized spacial score (nSPS) is 16.8. The lowest BCUT2D eigenvalue weighted by Crippen LogP contribution is -2.36. The largest absolute Gasteiger partial charge is 0.489 e. The van der Waals surface area contributed by atoms with Crippen LogP contribution in [0.3, 0.4) is 0 Å². The van der Waals surface area contributed by atoms with Crippen molar-refractivity contribution >= 4 is 28.3 Å². The van der Waals surface area contributed by atoms with Crippen molar-refractivity contribution < 1.29 is 27.8 Å². The molecule has 8 nitrogen and oxygen atoms in total. The first kappa shape index (κ1) is 27.0. The third-order valence-corrected chi connectivity index (χ3v) is 7.55. The van der Waals surface area contributed by atoms with Crippen LogP contribution in [0.15, 0.2) is 24.3 Å². The van der Waals surface area contributed by atoms with Gasteiger partial charge in [0.2, 0.25) is 5.91 Å². The first-order valence-corrected chi connectivity index (χ1v) is 13.1. The van der Waals surface area contributed by atoms with Crippen LogP contribution in [0.4, 0.5) is 24.7 Å². The number of halogens is 3. The Kier molecular flexibility index (Phi) is 7.28. The topological polar surface area (TPSA) is 99.6 Å². The molecule has 11 heteroatoms. The molecule has 0 radical (unpaired) electrons. The van der Waals surface area contributed by atoms with E-state index < -0.39 is 30.0 Å². The molecule has 1 fully saturated rings. The summed E-state index contributed by atoms with van der Waals surface area (Å²) in [4.78, 5) is 23.0. The maximum Gasteiger partial charge on any atom is 0.298 e. The number of hydrogen-bond acceptors (Lipinski definition) is 7. The second-order valence-corrected chi connectivity index (χ2v) is 10.2. The molecule has 1 aromatic heterocycles. The SMILES string of the molecule is CC(=O)N1CCC(c2cc3c(N[C@H](C)c4cccc(C(F)(F)CO)c4F)nc(C)nc3c3c2OCCN3)CC1. The summed E-state index contributed by atoms with van der Waals surface area (Å²) in [5, 5.41) is 16.4. The van der Waals surface area contributed by atoms with Crippen molar-refractivity contribution in [3.05, 3.63) is 52.6 Å². The van der Waals surface area contributed by atoms with Crippen LogP contribution in [-0.2, 0) is 10.7 Å². The zero-order valence-electron chi connectivity index (χ0n) is 22.2. The maximum absolute atomic E-state index is 15.2. The first-order chi connectivity index (χ1) is 18.6. The van der Waals surface area contributed by atoms with Gasteiger partial charge in [-0.2, -0.15) is 8.78 Å². The van der Waals surface area contributed by atoms with Gasteiger partial charge >= 0.3 is 0 Å². The minimum atomic E-state index is -3.70. The number of nitrogens with one attached hydrogen (secondary N) is 2. The quantitative estimate of drug-likeness (QED) is 0.408. The molecule has 0 saturated carbocycles. The highest BCUT2D eigenvalue weighted by Crippen LogP contribution is 2.45. The van der Waals surface area contributed by atoms with Gasteiger partial charge in [-0.3, -0.25) is 4.79 Å². The van der Waals surface area contributed by atoms with Crippen LogP contribution in [0.2, 0.25) is 0 Å². The lowest BCUT2D eigenvalue weighted by atomic mass is 9.87. The molecule has 3 heterocycles. The number of aliphatic hydroxyl groups is 1. The standard InChI is InChI=1S/C28H32F3N5O3/c1-15(19-5-4-6-22(23(19)29)28(30,31)14-37)33-27-21-13-20(18-7-10-36(11-8-18)17(3)38)26-25(32-9-12-39-26)24(21)34-16(2)35-27/h4-6,13,15,18,32,37H,7-12,14H2,1-3H3,(H,33,34,35)/t15-/m1/s1. The average molecular weight is 544 g/mol. The Balaban J connectivity index is 1.56. The molecule has 3 aromatic rings. The van der Waals surface area contributed by atoms with Crippen LogP contribution in [0.1, 0.15) is 61.2 Å². The van der Waals surface area contributed by atoms with Gasteiger partial charge in [-0.15, -0.1) is 0 Å². The fourth-order valence-electron chi connectivity index (χ4n) is 5.48. The summed E-state index contributed by atoms with van der Waals surface area (Å²) in [5.74, 6) is -2.88. The maximum atomic E-state index is 15.2. The van der Waals surface area contributed by atoms with E-state index >= 15 is 4.39 Å². The Bertz CT molecular complexity index is 1410. The van der Waals surface area contributed by atoms with Crippen molar-refractivity contribution in [3.63, 3.8) is 0 Å². The number of aliphatic hydroxyl groups excluding tert-OH is 1. The van der Waals surface area contributed by atoms with E-state index in [0.29, 0.717) is 48.8 Å². The number of ether oxygens (including phenoxy) is 1. The summed E-state index contributed by atoms with van der Waals surface area (Å²) in [6.07, 6.45) is 1.56. The number of likely N-dealkylation sites (tertiary alicyclic amines) is 1. The van der Waals surface area contributed by atoms with Crippen LogP contribution in [-0.4, -0.2) is 58.7 Å². The number of carbonyl (C=O) groups is 1. The van der Waals surface area contributed by atoms with Crippen molar-refractivity contribution in [1.29, 1.82) is 0 Å². The number of hydrogen-bond donors (Lipinski definition) is 3. The number of amides is 1. The molecule has 2 aliphatic rings. The summed E-state index contributed by atoms with van der Waals surface area (Å²) in [6, 6.07) is 5.04. The van der Waals surface area contributed by atoms with Crippen LogP contribution in [0, 0.1) is 12.7 Å². The number of alkyl halides is 2. The molecular weight excluding hydrogens is 511 g/mol. The van der Waals surface area contributed by atoms with Gasteiger partial charge in [0.25, 0.3) is 5.92 Å². The Morgan fingerprint density at radius 2 is 2.05 bits per heavy atom. The molecule has 39 heavy (non-hydrogen) atoms.